The number of aromatic hydroxyl groups is 1. The fraction of sp³-hybridized carbons (Fsp3) is 0.571. The van der Waals surface area contributed by atoms with Crippen molar-refractivity contribution in [3.05, 3.63) is 17.8 Å². The maximum absolute atomic E-state index is 12.5. The van der Waals surface area contributed by atoms with E-state index >= 15 is 0 Å². The number of carbonyl (C=O) groups is 1. The zero-order chi connectivity index (χ0) is 14.8. The Morgan fingerprint density at radius 1 is 1.40 bits per heavy atom. The maximum atomic E-state index is 12.5. The summed E-state index contributed by atoms with van der Waals surface area (Å²) >= 11 is 0. The maximum Gasteiger partial charge on any atom is 0.245 e. The highest BCUT2D eigenvalue weighted by Crippen LogP contribution is 2.23. The summed E-state index contributed by atoms with van der Waals surface area (Å²) in [6.45, 7) is 9.01. The van der Waals surface area contributed by atoms with E-state index < -0.39 is 5.54 Å². The van der Waals surface area contributed by atoms with E-state index in [4.69, 9.17) is 0 Å². The number of hydrogen-bond acceptors (Lipinski definition) is 5. The van der Waals surface area contributed by atoms with E-state index in [1.807, 2.05) is 20.8 Å². The van der Waals surface area contributed by atoms with Crippen LogP contribution in [0.3, 0.4) is 0 Å². The smallest absolute Gasteiger partial charge is 0.245 e. The van der Waals surface area contributed by atoms with Gasteiger partial charge >= 0.3 is 0 Å². The molecule has 0 spiro atoms. The average molecular weight is 278 g/mol. The molecule has 0 unspecified atom stereocenters. The standard InChI is InChI=1S/C14H22N4O2/c1-10-4-5-11(19)12(16-10)17-13(20)14(2,3)18-8-6-15-7-9-18/h4-5,15,19H,6-9H2,1-3H3,(H,16,17,20). The molecule has 6 heteroatoms. The normalized spacial score (nSPS) is 16.9. The fourth-order valence-electron chi connectivity index (χ4n) is 2.27. The number of aromatic nitrogens is 1. The number of anilines is 1. The van der Waals surface area contributed by atoms with Gasteiger partial charge in [-0.15, -0.1) is 0 Å². The molecular weight excluding hydrogens is 256 g/mol. The highest BCUT2D eigenvalue weighted by molar-refractivity contribution is 5.97. The SMILES string of the molecule is Cc1ccc(O)c(NC(=O)C(C)(C)N2CCNCC2)n1. The van der Waals surface area contributed by atoms with Gasteiger partial charge in [0.1, 0.15) is 0 Å². The summed E-state index contributed by atoms with van der Waals surface area (Å²) in [7, 11) is 0. The van der Waals surface area contributed by atoms with Gasteiger partial charge in [0.25, 0.3) is 0 Å². The Hall–Kier alpha value is -1.66. The van der Waals surface area contributed by atoms with E-state index in [1.165, 1.54) is 6.07 Å². The molecule has 0 atom stereocenters. The number of nitrogens with one attached hydrogen (secondary N) is 2. The third-order valence-corrected chi connectivity index (χ3v) is 3.71. The summed E-state index contributed by atoms with van der Waals surface area (Å²) in [4.78, 5) is 18.8. The van der Waals surface area contributed by atoms with Crippen molar-refractivity contribution in [2.24, 2.45) is 0 Å². The first-order chi connectivity index (χ1) is 9.41. The first-order valence-electron chi connectivity index (χ1n) is 6.85. The molecule has 1 aromatic heterocycles. The Morgan fingerprint density at radius 2 is 2.05 bits per heavy atom. The monoisotopic (exact) mass is 278 g/mol. The van der Waals surface area contributed by atoms with E-state index in [1.54, 1.807) is 6.07 Å². The molecule has 0 aliphatic carbocycles. The molecule has 1 fully saturated rings. The molecule has 0 radical (unpaired) electrons. The van der Waals surface area contributed by atoms with Crippen LogP contribution in [-0.2, 0) is 4.79 Å². The molecule has 6 nitrogen and oxygen atoms in total. The summed E-state index contributed by atoms with van der Waals surface area (Å²) in [5.41, 5.74) is 0.109. The van der Waals surface area contributed by atoms with Crippen molar-refractivity contribution in [1.29, 1.82) is 0 Å². The lowest BCUT2D eigenvalue weighted by molar-refractivity contribution is -0.126. The van der Waals surface area contributed by atoms with Crippen molar-refractivity contribution in [2.45, 2.75) is 26.3 Å². The number of carbonyl (C=O) groups excluding carboxylic acids is 1. The van der Waals surface area contributed by atoms with Gasteiger partial charge in [-0.3, -0.25) is 9.69 Å². The highest BCUT2D eigenvalue weighted by Gasteiger charge is 2.35. The third kappa shape index (κ3) is 3.08. The summed E-state index contributed by atoms with van der Waals surface area (Å²) in [5.74, 6) is 0.0473. The van der Waals surface area contributed by atoms with Gasteiger partial charge in [0.15, 0.2) is 11.6 Å². The van der Waals surface area contributed by atoms with Crippen LogP contribution in [0, 0.1) is 6.92 Å². The predicted octanol–water partition coefficient (Wildman–Crippen LogP) is 0.718. The van der Waals surface area contributed by atoms with Crippen LogP contribution in [0.15, 0.2) is 12.1 Å². The molecule has 20 heavy (non-hydrogen) atoms. The lowest BCUT2D eigenvalue weighted by Crippen LogP contribution is -2.58. The van der Waals surface area contributed by atoms with Crippen LogP contribution in [0.4, 0.5) is 5.82 Å². The highest BCUT2D eigenvalue weighted by atomic mass is 16.3. The van der Waals surface area contributed by atoms with Gasteiger partial charge in [-0.05, 0) is 32.9 Å². The van der Waals surface area contributed by atoms with Crippen molar-refractivity contribution in [3.63, 3.8) is 0 Å². The number of rotatable bonds is 3. The van der Waals surface area contributed by atoms with Gasteiger partial charge < -0.3 is 15.7 Å². The van der Waals surface area contributed by atoms with Gasteiger partial charge in [-0.1, -0.05) is 0 Å². The Labute approximate surface area is 119 Å². The quantitative estimate of drug-likeness (QED) is 0.759. The topological polar surface area (TPSA) is 77.5 Å². The van der Waals surface area contributed by atoms with E-state index in [0.29, 0.717) is 0 Å². The third-order valence-electron chi connectivity index (χ3n) is 3.71. The molecular formula is C14H22N4O2. The Morgan fingerprint density at radius 3 is 2.70 bits per heavy atom. The van der Waals surface area contributed by atoms with Crippen LogP contribution in [0.2, 0.25) is 0 Å². The molecule has 0 bridgehead atoms. The number of hydrogen-bond donors (Lipinski definition) is 3. The average Bonchev–Trinajstić information content (AvgIpc) is 2.43. The minimum absolute atomic E-state index is 0.0138. The summed E-state index contributed by atoms with van der Waals surface area (Å²) in [5, 5.41) is 15.8. The number of piperazine rings is 1. The molecule has 2 rings (SSSR count). The number of amides is 1. The molecule has 3 N–H and O–H groups in total. The van der Waals surface area contributed by atoms with Crippen LogP contribution in [0.5, 0.6) is 5.75 Å². The van der Waals surface area contributed by atoms with Crippen LogP contribution < -0.4 is 10.6 Å². The Kier molecular flexibility index (Phi) is 4.25. The molecule has 0 saturated carbocycles. The van der Waals surface area contributed by atoms with Gasteiger partial charge in [0, 0.05) is 31.9 Å². The van der Waals surface area contributed by atoms with Crippen LogP contribution in [0.25, 0.3) is 0 Å². The van der Waals surface area contributed by atoms with Gasteiger partial charge in [-0.25, -0.2) is 4.98 Å². The molecule has 1 aliphatic heterocycles. The Balaban J connectivity index is 2.11. The summed E-state index contributed by atoms with van der Waals surface area (Å²) < 4.78 is 0. The molecule has 0 aromatic carbocycles. The number of aryl methyl sites for hydroxylation is 1. The van der Waals surface area contributed by atoms with Crippen LogP contribution in [0.1, 0.15) is 19.5 Å². The minimum atomic E-state index is -0.639. The Bertz CT molecular complexity index is 496. The number of pyridine rings is 1. The van der Waals surface area contributed by atoms with Crippen LogP contribution >= 0.6 is 0 Å². The molecule has 1 aromatic rings. The zero-order valence-electron chi connectivity index (χ0n) is 12.2. The number of nitrogens with zero attached hydrogens (tertiary/aromatic N) is 2. The van der Waals surface area contributed by atoms with Gasteiger partial charge in [-0.2, -0.15) is 0 Å². The van der Waals surface area contributed by atoms with Gasteiger partial charge in [0.05, 0.1) is 5.54 Å². The zero-order valence-corrected chi connectivity index (χ0v) is 12.2. The second kappa shape index (κ2) is 5.76. The van der Waals surface area contributed by atoms with Crippen molar-refractivity contribution >= 4 is 11.7 Å². The minimum Gasteiger partial charge on any atom is -0.504 e. The van der Waals surface area contributed by atoms with Gasteiger partial charge in [0.2, 0.25) is 5.91 Å². The van der Waals surface area contributed by atoms with E-state index in [0.717, 1.165) is 31.9 Å². The van der Waals surface area contributed by atoms with E-state index in [2.05, 4.69) is 20.5 Å². The van der Waals surface area contributed by atoms with Crippen LogP contribution in [-0.4, -0.2) is 52.6 Å². The summed E-state index contributed by atoms with van der Waals surface area (Å²) in [6, 6.07) is 3.24. The largest absolute Gasteiger partial charge is 0.504 e. The van der Waals surface area contributed by atoms with E-state index in [9.17, 15) is 9.90 Å². The molecule has 1 saturated heterocycles. The molecule has 1 amide bonds. The second-order valence-corrected chi connectivity index (χ2v) is 5.57. The molecule has 110 valence electrons. The molecule has 2 heterocycles. The molecule has 1 aliphatic rings. The fourth-order valence-corrected chi connectivity index (χ4v) is 2.27. The van der Waals surface area contributed by atoms with Crippen molar-refractivity contribution in [3.8, 4) is 5.75 Å². The van der Waals surface area contributed by atoms with E-state index in [-0.39, 0.29) is 17.5 Å². The first-order valence-corrected chi connectivity index (χ1v) is 6.85. The van der Waals surface area contributed by atoms with Crippen molar-refractivity contribution in [2.75, 3.05) is 31.5 Å². The second-order valence-electron chi connectivity index (χ2n) is 5.57. The lowest BCUT2D eigenvalue weighted by atomic mass is 10.0. The predicted molar refractivity (Wildman–Crippen MR) is 77.8 cm³/mol. The van der Waals surface area contributed by atoms with Crippen molar-refractivity contribution in [1.82, 2.24) is 15.2 Å². The lowest BCUT2D eigenvalue weighted by Gasteiger charge is -2.39. The van der Waals surface area contributed by atoms with Crippen molar-refractivity contribution < 1.29 is 9.90 Å². The first kappa shape index (κ1) is 14.7. The summed E-state index contributed by atoms with van der Waals surface area (Å²) in [6.07, 6.45) is 0.